The molecule has 1 aliphatic rings. The maximum absolute atomic E-state index is 14.5. The number of anilines is 1. The van der Waals surface area contributed by atoms with Crippen molar-refractivity contribution < 1.29 is 27.1 Å². The summed E-state index contributed by atoms with van der Waals surface area (Å²) in [7, 11) is 3.41. The van der Waals surface area contributed by atoms with Crippen molar-refractivity contribution in [3.8, 4) is 10.6 Å². The van der Waals surface area contributed by atoms with Crippen LogP contribution < -0.4 is 5.32 Å². The molecular weight excluding hydrogens is 476 g/mol. The van der Waals surface area contributed by atoms with Crippen LogP contribution in [0.4, 0.5) is 28.3 Å². The second-order valence-corrected chi connectivity index (χ2v) is 10.4. The van der Waals surface area contributed by atoms with Crippen LogP contribution in [-0.4, -0.2) is 69.7 Å². The first-order valence-electron chi connectivity index (χ1n) is 10.7. The molecule has 3 heterocycles. The predicted octanol–water partition coefficient (Wildman–Crippen LogP) is 4.63. The van der Waals surface area contributed by atoms with E-state index in [1.165, 1.54) is 0 Å². The summed E-state index contributed by atoms with van der Waals surface area (Å²) in [6.07, 6.45) is -3.19. The van der Waals surface area contributed by atoms with Gasteiger partial charge in [-0.05, 0) is 47.7 Å². The van der Waals surface area contributed by atoms with Crippen LogP contribution in [-0.2, 0) is 17.5 Å². The van der Waals surface area contributed by atoms with Gasteiger partial charge in [-0.1, -0.05) is 0 Å². The lowest BCUT2D eigenvalue weighted by Gasteiger charge is -2.33. The van der Waals surface area contributed by atoms with Crippen LogP contribution in [0.3, 0.4) is 0 Å². The molecule has 8 nitrogen and oxygen atoms in total. The number of ether oxygens (including phenoxy) is 1. The van der Waals surface area contributed by atoms with Crippen molar-refractivity contribution >= 4 is 23.4 Å². The number of nitrogens with one attached hydrogen (secondary N) is 1. The second-order valence-electron chi connectivity index (χ2n) is 9.30. The zero-order chi connectivity index (χ0) is 25.3. The van der Waals surface area contributed by atoms with Crippen molar-refractivity contribution in [2.24, 2.45) is 0 Å². The number of hydrogen-bond donors (Lipinski definition) is 1. The number of alkyl halides is 3. The van der Waals surface area contributed by atoms with Crippen LogP contribution in [0.5, 0.6) is 0 Å². The number of carbonyl (C=O) groups is 1. The highest BCUT2D eigenvalue weighted by atomic mass is 32.1. The molecule has 3 rings (SSSR count). The van der Waals surface area contributed by atoms with Crippen molar-refractivity contribution in [1.29, 1.82) is 0 Å². The van der Waals surface area contributed by atoms with Gasteiger partial charge in [0.1, 0.15) is 16.3 Å². The molecule has 0 aromatic carbocycles. The average Bonchev–Trinajstić information content (AvgIpc) is 3.12. The van der Waals surface area contributed by atoms with Crippen molar-refractivity contribution in [2.45, 2.75) is 58.0 Å². The van der Waals surface area contributed by atoms with Gasteiger partial charge >= 0.3 is 12.3 Å². The Morgan fingerprint density at radius 2 is 1.88 bits per heavy atom. The van der Waals surface area contributed by atoms with Gasteiger partial charge in [0.05, 0.1) is 11.1 Å². The largest absolute Gasteiger partial charge is 0.444 e. The third-order valence-corrected chi connectivity index (χ3v) is 5.88. The molecule has 0 saturated carbocycles. The van der Waals surface area contributed by atoms with Gasteiger partial charge in [0.25, 0.3) is 0 Å². The maximum atomic E-state index is 14.5. The van der Waals surface area contributed by atoms with Crippen molar-refractivity contribution in [3.63, 3.8) is 0 Å². The number of aromatic nitrogens is 3. The monoisotopic (exact) mass is 504 g/mol. The number of likely N-dealkylation sites (tertiary alicyclic amines) is 1. The standard InChI is InChI=1S/C21H28F4N6O2S/c1-20(2,3)33-19(32)31-8-6-12(7-9-31)27-18-26-10-13(22)15(29-18)16-17(21(23,24)25)28-14(34-16)11-30(4)5/h10,12H,6-9,11H2,1-5H3,(H,26,27,29). The minimum Gasteiger partial charge on any atom is -0.444 e. The summed E-state index contributed by atoms with van der Waals surface area (Å²) in [6.45, 7) is 6.42. The molecule has 1 saturated heterocycles. The topological polar surface area (TPSA) is 83.5 Å². The van der Waals surface area contributed by atoms with E-state index in [1.807, 2.05) is 0 Å². The zero-order valence-electron chi connectivity index (χ0n) is 19.7. The van der Waals surface area contributed by atoms with E-state index in [0.717, 1.165) is 17.5 Å². The Kier molecular flexibility index (Phi) is 7.65. The van der Waals surface area contributed by atoms with E-state index in [2.05, 4.69) is 20.3 Å². The molecule has 1 aliphatic heterocycles. The molecule has 188 valence electrons. The minimum absolute atomic E-state index is 0.0165. The van der Waals surface area contributed by atoms with E-state index in [0.29, 0.717) is 25.9 Å². The first kappa shape index (κ1) is 26.1. The average molecular weight is 505 g/mol. The summed E-state index contributed by atoms with van der Waals surface area (Å²) in [5.41, 5.74) is -2.20. The molecule has 2 aromatic heterocycles. The first-order chi connectivity index (χ1) is 15.7. The Balaban J connectivity index is 1.76. The normalized spacial score (nSPS) is 15.6. The highest BCUT2D eigenvalue weighted by Gasteiger charge is 2.39. The second kappa shape index (κ2) is 9.98. The van der Waals surface area contributed by atoms with E-state index in [1.54, 1.807) is 44.7 Å². The number of rotatable bonds is 5. The lowest BCUT2D eigenvalue weighted by atomic mass is 10.1. The molecule has 1 N–H and O–H groups in total. The Morgan fingerprint density at radius 3 is 2.44 bits per heavy atom. The number of carbonyl (C=O) groups excluding carboxylic acids is 1. The quantitative estimate of drug-likeness (QED) is 0.595. The van der Waals surface area contributed by atoms with E-state index < -0.39 is 35.1 Å². The minimum atomic E-state index is -4.75. The number of amides is 1. The number of piperidine rings is 1. The number of halogens is 4. The van der Waals surface area contributed by atoms with Gasteiger partial charge < -0.3 is 19.9 Å². The molecule has 0 bridgehead atoms. The molecule has 1 fully saturated rings. The van der Waals surface area contributed by atoms with Crippen LogP contribution in [0.15, 0.2) is 6.20 Å². The van der Waals surface area contributed by atoms with Crippen LogP contribution in [0, 0.1) is 5.82 Å². The predicted molar refractivity (Wildman–Crippen MR) is 120 cm³/mol. The Morgan fingerprint density at radius 1 is 1.24 bits per heavy atom. The fourth-order valence-electron chi connectivity index (χ4n) is 3.37. The van der Waals surface area contributed by atoms with Gasteiger partial charge in [0.15, 0.2) is 11.5 Å². The number of thiazole rings is 1. The third-order valence-electron chi connectivity index (χ3n) is 4.83. The highest BCUT2D eigenvalue weighted by Crippen LogP contribution is 2.40. The molecule has 1 amide bonds. The smallest absolute Gasteiger partial charge is 0.434 e. The number of hydrogen-bond acceptors (Lipinski definition) is 8. The highest BCUT2D eigenvalue weighted by molar-refractivity contribution is 7.15. The lowest BCUT2D eigenvalue weighted by Crippen LogP contribution is -2.44. The molecular formula is C21H28F4N6O2S. The molecule has 2 aromatic rings. The van der Waals surface area contributed by atoms with Gasteiger partial charge in [-0.2, -0.15) is 13.2 Å². The lowest BCUT2D eigenvalue weighted by molar-refractivity contribution is -0.140. The molecule has 34 heavy (non-hydrogen) atoms. The summed E-state index contributed by atoms with van der Waals surface area (Å²) >= 11 is 0.756. The zero-order valence-corrected chi connectivity index (χ0v) is 20.5. The summed E-state index contributed by atoms with van der Waals surface area (Å²) in [5, 5.41) is 3.25. The molecule has 0 spiro atoms. The van der Waals surface area contributed by atoms with E-state index in [9.17, 15) is 22.4 Å². The summed E-state index contributed by atoms with van der Waals surface area (Å²) < 4.78 is 60.7. The van der Waals surface area contributed by atoms with Crippen molar-refractivity contribution in [1.82, 2.24) is 24.8 Å². The van der Waals surface area contributed by atoms with Crippen LogP contribution in [0.25, 0.3) is 10.6 Å². The van der Waals surface area contributed by atoms with Crippen LogP contribution in [0.1, 0.15) is 44.3 Å². The molecule has 0 unspecified atom stereocenters. The third kappa shape index (κ3) is 6.75. The maximum Gasteiger partial charge on any atom is 0.434 e. The fraction of sp³-hybridized carbons (Fsp3) is 0.619. The first-order valence-corrected chi connectivity index (χ1v) is 11.5. The summed E-state index contributed by atoms with van der Waals surface area (Å²) in [4.78, 5) is 26.8. The molecule has 0 atom stereocenters. The van der Waals surface area contributed by atoms with Crippen molar-refractivity contribution in [2.75, 3.05) is 32.5 Å². The Bertz CT molecular complexity index is 1010. The van der Waals surface area contributed by atoms with E-state index >= 15 is 0 Å². The SMILES string of the molecule is CN(C)Cc1nc(C(F)(F)F)c(-c2nc(NC3CCN(C(=O)OC(C)(C)C)CC3)ncc2F)s1. The number of nitrogens with zero attached hydrogens (tertiary/aromatic N) is 5. The van der Waals surface area contributed by atoms with Gasteiger partial charge in [-0.3, -0.25) is 0 Å². The van der Waals surface area contributed by atoms with E-state index in [4.69, 9.17) is 4.74 Å². The van der Waals surface area contributed by atoms with Crippen LogP contribution >= 0.6 is 11.3 Å². The summed E-state index contributed by atoms with van der Waals surface area (Å²) in [5.74, 6) is -0.946. The summed E-state index contributed by atoms with van der Waals surface area (Å²) in [6, 6.07) is -0.134. The van der Waals surface area contributed by atoms with E-state index in [-0.39, 0.29) is 28.4 Å². The Hall–Kier alpha value is -2.54. The van der Waals surface area contributed by atoms with Gasteiger partial charge in [-0.15, -0.1) is 11.3 Å². The molecule has 13 heteroatoms. The van der Waals surface area contributed by atoms with Crippen LogP contribution in [0.2, 0.25) is 0 Å². The molecule has 0 aliphatic carbocycles. The van der Waals surface area contributed by atoms with Gasteiger partial charge in [0, 0.05) is 25.7 Å². The Labute approximate surface area is 199 Å². The fourth-order valence-corrected chi connectivity index (χ4v) is 4.56. The molecule has 0 radical (unpaired) electrons. The van der Waals surface area contributed by atoms with Gasteiger partial charge in [0.2, 0.25) is 5.95 Å². The van der Waals surface area contributed by atoms with Gasteiger partial charge in [-0.25, -0.2) is 24.1 Å². The van der Waals surface area contributed by atoms with Crippen molar-refractivity contribution in [3.05, 3.63) is 22.7 Å².